The highest BCUT2D eigenvalue weighted by Crippen LogP contribution is 2.23. The fourth-order valence-corrected chi connectivity index (χ4v) is 1.71. The zero-order valence-electron chi connectivity index (χ0n) is 8.88. The molecular formula is C13H6ClF3O. The maximum Gasteiger partial charge on any atom is 0.197 e. The Hall–Kier alpha value is -1.81. The van der Waals surface area contributed by atoms with Gasteiger partial charge in [-0.1, -0.05) is 17.7 Å². The number of halogens is 4. The molecule has 0 bridgehead atoms. The average Bonchev–Trinajstić information content (AvgIpc) is 2.32. The van der Waals surface area contributed by atoms with Crippen LogP contribution in [0.25, 0.3) is 0 Å². The number of ketones is 1. The summed E-state index contributed by atoms with van der Waals surface area (Å²) in [7, 11) is 0. The number of hydrogen-bond acceptors (Lipinski definition) is 1. The predicted octanol–water partition coefficient (Wildman–Crippen LogP) is 3.99. The van der Waals surface area contributed by atoms with Crippen LogP contribution >= 0.6 is 11.6 Å². The summed E-state index contributed by atoms with van der Waals surface area (Å²) >= 11 is 5.63. The Bertz CT molecular complexity index is 626. The third-order valence-electron chi connectivity index (χ3n) is 2.37. The molecule has 1 nitrogen and oxygen atoms in total. The smallest absolute Gasteiger partial charge is 0.197 e. The van der Waals surface area contributed by atoms with Gasteiger partial charge in [0.25, 0.3) is 0 Å². The van der Waals surface area contributed by atoms with Crippen LogP contribution in [0.5, 0.6) is 0 Å². The van der Waals surface area contributed by atoms with Gasteiger partial charge in [-0.25, -0.2) is 13.2 Å². The molecule has 2 aromatic carbocycles. The molecule has 0 fully saturated rings. The fourth-order valence-electron chi connectivity index (χ4n) is 1.50. The van der Waals surface area contributed by atoms with Crippen LogP contribution in [0.1, 0.15) is 15.9 Å². The van der Waals surface area contributed by atoms with Crippen molar-refractivity contribution in [2.45, 2.75) is 0 Å². The van der Waals surface area contributed by atoms with Crippen molar-refractivity contribution in [3.8, 4) is 0 Å². The molecule has 18 heavy (non-hydrogen) atoms. The van der Waals surface area contributed by atoms with Gasteiger partial charge in [-0.05, 0) is 24.3 Å². The number of hydrogen-bond donors (Lipinski definition) is 0. The van der Waals surface area contributed by atoms with E-state index in [1.165, 1.54) is 12.1 Å². The molecule has 0 radical (unpaired) electrons. The molecule has 0 saturated carbocycles. The van der Waals surface area contributed by atoms with Crippen molar-refractivity contribution in [2.75, 3.05) is 0 Å². The van der Waals surface area contributed by atoms with Crippen LogP contribution in [0.15, 0.2) is 36.4 Å². The second kappa shape index (κ2) is 4.82. The number of carbonyl (C=O) groups is 1. The lowest BCUT2D eigenvalue weighted by atomic mass is 10.0. The molecule has 0 aliphatic rings. The van der Waals surface area contributed by atoms with E-state index >= 15 is 0 Å². The standard InChI is InChI=1S/C13H6ClF3O/c14-12-9(2-1-3-10(12)16)13(18)8-5-4-7(15)6-11(8)17/h1-6H. The maximum atomic E-state index is 13.4. The summed E-state index contributed by atoms with van der Waals surface area (Å²) in [5, 5.41) is -0.383. The van der Waals surface area contributed by atoms with Gasteiger partial charge in [0.15, 0.2) is 5.78 Å². The first-order valence-corrected chi connectivity index (χ1v) is 5.32. The first kappa shape index (κ1) is 12.6. The van der Waals surface area contributed by atoms with Crippen LogP contribution in [-0.2, 0) is 0 Å². The van der Waals surface area contributed by atoms with E-state index in [2.05, 4.69) is 0 Å². The van der Waals surface area contributed by atoms with E-state index in [-0.39, 0.29) is 16.1 Å². The molecule has 0 amide bonds. The summed E-state index contributed by atoms with van der Waals surface area (Å²) in [6.07, 6.45) is 0. The highest BCUT2D eigenvalue weighted by atomic mass is 35.5. The quantitative estimate of drug-likeness (QED) is 0.754. The SMILES string of the molecule is O=C(c1ccc(F)cc1F)c1cccc(F)c1Cl. The molecule has 0 heterocycles. The minimum Gasteiger partial charge on any atom is -0.288 e. The lowest BCUT2D eigenvalue weighted by Crippen LogP contribution is -2.06. The van der Waals surface area contributed by atoms with Crippen molar-refractivity contribution >= 4 is 17.4 Å². The monoisotopic (exact) mass is 270 g/mol. The predicted molar refractivity (Wildman–Crippen MR) is 61.2 cm³/mol. The first-order chi connectivity index (χ1) is 8.50. The molecule has 0 saturated heterocycles. The van der Waals surface area contributed by atoms with Crippen LogP contribution in [0.4, 0.5) is 13.2 Å². The molecule has 0 aromatic heterocycles. The Balaban J connectivity index is 2.51. The van der Waals surface area contributed by atoms with Gasteiger partial charge in [0.2, 0.25) is 0 Å². The number of rotatable bonds is 2. The van der Waals surface area contributed by atoms with Gasteiger partial charge < -0.3 is 0 Å². The minimum absolute atomic E-state index is 0.165. The van der Waals surface area contributed by atoms with Crippen molar-refractivity contribution in [3.05, 3.63) is 70.0 Å². The minimum atomic E-state index is -1.01. The summed E-state index contributed by atoms with van der Waals surface area (Å²) in [6.45, 7) is 0. The van der Waals surface area contributed by atoms with Crippen molar-refractivity contribution in [2.24, 2.45) is 0 Å². The third kappa shape index (κ3) is 2.24. The van der Waals surface area contributed by atoms with Crippen molar-refractivity contribution in [1.29, 1.82) is 0 Å². The first-order valence-electron chi connectivity index (χ1n) is 4.94. The number of carbonyl (C=O) groups excluding carboxylic acids is 1. The second-order valence-electron chi connectivity index (χ2n) is 3.55. The summed E-state index contributed by atoms with van der Waals surface area (Å²) in [5.74, 6) is -3.38. The molecule has 0 atom stereocenters. The highest BCUT2D eigenvalue weighted by Gasteiger charge is 2.18. The van der Waals surface area contributed by atoms with Crippen molar-refractivity contribution < 1.29 is 18.0 Å². The summed E-state index contributed by atoms with van der Waals surface area (Å²) in [4.78, 5) is 11.9. The normalized spacial score (nSPS) is 10.4. The molecule has 0 spiro atoms. The van der Waals surface area contributed by atoms with E-state index in [9.17, 15) is 18.0 Å². The Morgan fingerprint density at radius 3 is 2.33 bits per heavy atom. The van der Waals surface area contributed by atoms with Crippen molar-refractivity contribution in [1.82, 2.24) is 0 Å². The van der Waals surface area contributed by atoms with E-state index in [0.29, 0.717) is 6.07 Å². The summed E-state index contributed by atoms with van der Waals surface area (Å²) in [6, 6.07) is 6.17. The average molecular weight is 271 g/mol. The van der Waals surface area contributed by atoms with Gasteiger partial charge >= 0.3 is 0 Å². The van der Waals surface area contributed by atoms with Crippen LogP contribution in [0, 0.1) is 17.5 Å². The molecule has 92 valence electrons. The Morgan fingerprint density at radius 1 is 0.944 bits per heavy atom. The largest absolute Gasteiger partial charge is 0.288 e. The van der Waals surface area contributed by atoms with Gasteiger partial charge in [-0.15, -0.1) is 0 Å². The Morgan fingerprint density at radius 2 is 1.67 bits per heavy atom. The van der Waals surface area contributed by atoms with E-state index in [0.717, 1.165) is 18.2 Å². The highest BCUT2D eigenvalue weighted by molar-refractivity contribution is 6.35. The molecule has 2 rings (SSSR count). The molecule has 2 aromatic rings. The van der Waals surface area contributed by atoms with Crippen LogP contribution in [0.3, 0.4) is 0 Å². The zero-order chi connectivity index (χ0) is 13.3. The van der Waals surface area contributed by atoms with E-state index in [1.54, 1.807) is 0 Å². The molecule has 0 N–H and O–H groups in total. The van der Waals surface area contributed by atoms with Crippen LogP contribution in [0.2, 0.25) is 5.02 Å². The van der Waals surface area contributed by atoms with Gasteiger partial charge in [0.1, 0.15) is 17.5 Å². The molecule has 0 unspecified atom stereocenters. The van der Waals surface area contributed by atoms with E-state index < -0.39 is 23.2 Å². The molecular weight excluding hydrogens is 265 g/mol. The second-order valence-corrected chi connectivity index (χ2v) is 3.93. The molecule has 0 aliphatic carbocycles. The molecule has 5 heteroatoms. The third-order valence-corrected chi connectivity index (χ3v) is 2.76. The topological polar surface area (TPSA) is 17.1 Å². The van der Waals surface area contributed by atoms with Crippen LogP contribution in [-0.4, -0.2) is 5.78 Å². The summed E-state index contributed by atoms with van der Waals surface area (Å²) in [5.41, 5.74) is -0.522. The zero-order valence-corrected chi connectivity index (χ0v) is 9.64. The van der Waals surface area contributed by atoms with E-state index in [4.69, 9.17) is 11.6 Å². The van der Waals surface area contributed by atoms with Gasteiger partial charge in [-0.3, -0.25) is 4.79 Å². The number of benzene rings is 2. The fraction of sp³-hybridized carbons (Fsp3) is 0. The molecule has 0 aliphatic heterocycles. The lowest BCUT2D eigenvalue weighted by Gasteiger charge is -2.05. The van der Waals surface area contributed by atoms with Crippen molar-refractivity contribution in [3.63, 3.8) is 0 Å². The van der Waals surface area contributed by atoms with Crippen LogP contribution < -0.4 is 0 Å². The van der Waals surface area contributed by atoms with Gasteiger partial charge in [0.05, 0.1) is 10.6 Å². The Labute approximate surface area is 106 Å². The lowest BCUT2D eigenvalue weighted by molar-refractivity contribution is 0.103. The van der Waals surface area contributed by atoms with Gasteiger partial charge in [-0.2, -0.15) is 0 Å². The summed E-state index contributed by atoms with van der Waals surface area (Å²) < 4.78 is 39.3. The Kier molecular flexibility index (Phi) is 3.39. The maximum absolute atomic E-state index is 13.4. The van der Waals surface area contributed by atoms with Gasteiger partial charge in [0, 0.05) is 11.6 Å². The van der Waals surface area contributed by atoms with E-state index in [1.807, 2.05) is 0 Å².